The third-order valence-electron chi connectivity index (χ3n) is 1.21. The van der Waals surface area contributed by atoms with Gasteiger partial charge in [-0.3, -0.25) is 4.79 Å². The Balaban J connectivity index is 2.89. The summed E-state index contributed by atoms with van der Waals surface area (Å²) in [5, 5.41) is 8.40. The second-order valence-corrected chi connectivity index (χ2v) is 3.35. The molecular formula is C7H5FINO2. The smallest absolute Gasteiger partial charge is 0.307 e. The third kappa shape index (κ3) is 2.40. The maximum atomic E-state index is 12.6. The average molecular weight is 281 g/mol. The van der Waals surface area contributed by atoms with Crippen LogP contribution in [0.5, 0.6) is 0 Å². The lowest BCUT2D eigenvalue weighted by Crippen LogP contribution is -2.01. The van der Waals surface area contributed by atoms with Crippen molar-refractivity contribution >= 4 is 28.6 Å². The lowest BCUT2D eigenvalue weighted by atomic mass is 10.2. The number of hydrogen-bond acceptors (Lipinski definition) is 2. The third-order valence-corrected chi connectivity index (χ3v) is 1.96. The molecule has 0 saturated carbocycles. The summed E-state index contributed by atoms with van der Waals surface area (Å²) in [7, 11) is 0. The van der Waals surface area contributed by atoms with Crippen molar-refractivity contribution in [3.8, 4) is 0 Å². The number of hydrogen-bond donors (Lipinski definition) is 1. The van der Waals surface area contributed by atoms with Crippen LogP contribution >= 0.6 is 22.6 Å². The largest absolute Gasteiger partial charge is 0.481 e. The first kappa shape index (κ1) is 9.37. The first-order valence-electron chi connectivity index (χ1n) is 3.11. The van der Waals surface area contributed by atoms with Crippen LogP contribution in [-0.2, 0) is 11.2 Å². The number of carboxylic acid groups (broad SMARTS) is 1. The van der Waals surface area contributed by atoms with Gasteiger partial charge in [-0.05, 0) is 34.2 Å². The summed E-state index contributed by atoms with van der Waals surface area (Å²) in [6.45, 7) is 0. The predicted molar refractivity (Wildman–Crippen MR) is 48.3 cm³/mol. The van der Waals surface area contributed by atoms with Crippen LogP contribution in [0.4, 0.5) is 4.39 Å². The van der Waals surface area contributed by atoms with Crippen molar-refractivity contribution in [3.05, 3.63) is 27.3 Å². The summed E-state index contributed by atoms with van der Waals surface area (Å²) in [5.74, 6) is -1.51. The summed E-state index contributed by atoms with van der Waals surface area (Å²) in [6.07, 6.45) is 1.11. The Hall–Kier alpha value is -0.720. The molecule has 0 radical (unpaired) electrons. The monoisotopic (exact) mass is 281 g/mol. The fourth-order valence-electron chi connectivity index (χ4n) is 0.732. The molecule has 0 amide bonds. The van der Waals surface area contributed by atoms with Crippen LogP contribution in [0.2, 0.25) is 0 Å². The molecule has 0 spiro atoms. The first-order valence-corrected chi connectivity index (χ1v) is 4.19. The summed E-state index contributed by atoms with van der Waals surface area (Å²) < 4.78 is 12.9. The minimum atomic E-state index is -0.945. The van der Waals surface area contributed by atoms with Gasteiger partial charge < -0.3 is 5.11 Å². The summed E-state index contributed by atoms with van der Waals surface area (Å²) in [6, 6.07) is 1.47. The first-order chi connectivity index (χ1) is 5.59. The van der Waals surface area contributed by atoms with E-state index in [0.717, 1.165) is 0 Å². The van der Waals surface area contributed by atoms with Crippen molar-refractivity contribution in [1.29, 1.82) is 0 Å². The van der Waals surface area contributed by atoms with Gasteiger partial charge in [0.05, 0.1) is 9.99 Å². The number of aliphatic carboxylic acids is 1. The topological polar surface area (TPSA) is 50.2 Å². The molecule has 0 bridgehead atoms. The van der Waals surface area contributed by atoms with Gasteiger partial charge in [0.25, 0.3) is 0 Å². The zero-order valence-corrected chi connectivity index (χ0v) is 8.08. The van der Waals surface area contributed by atoms with Gasteiger partial charge >= 0.3 is 5.97 Å². The molecule has 64 valence electrons. The number of carbonyl (C=O) groups is 1. The van der Waals surface area contributed by atoms with E-state index >= 15 is 0 Å². The minimum Gasteiger partial charge on any atom is -0.481 e. The van der Waals surface area contributed by atoms with Gasteiger partial charge in [0.1, 0.15) is 0 Å². The molecule has 1 N–H and O–H groups in total. The molecule has 0 aliphatic rings. The van der Waals surface area contributed by atoms with Gasteiger partial charge in [0, 0.05) is 6.20 Å². The Morgan fingerprint density at radius 1 is 1.75 bits per heavy atom. The number of pyridine rings is 1. The summed E-state index contributed by atoms with van der Waals surface area (Å²) in [4.78, 5) is 13.6. The standard InChI is InChI=1S/C7H5FINO2/c8-7-5(9)1-4(3-10-7)2-6(11)12/h1,3H,2H2,(H,11,12). The number of halogens is 2. The van der Waals surface area contributed by atoms with Crippen LogP contribution in [-0.4, -0.2) is 16.1 Å². The molecule has 12 heavy (non-hydrogen) atoms. The molecule has 0 fully saturated rings. The normalized spacial score (nSPS) is 9.83. The highest BCUT2D eigenvalue weighted by atomic mass is 127. The lowest BCUT2D eigenvalue weighted by molar-refractivity contribution is -0.136. The second kappa shape index (κ2) is 3.79. The van der Waals surface area contributed by atoms with E-state index in [1.807, 2.05) is 0 Å². The van der Waals surface area contributed by atoms with E-state index in [0.29, 0.717) is 9.13 Å². The van der Waals surface area contributed by atoms with Gasteiger partial charge in [-0.25, -0.2) is 4.98 Å². The van der Waals surface area contributed by atoms with E-state index in [4.69, 9.17) is 5.11 Å². The molecule has 1 aromatic rings. The highest BCUT2D eigenvalue weighted by molar-refractivity contribution is 14.1. The van der Waals surface area contributed by atoms with Gasteiger partial charge in [-0.15, -0.1) is 0 Å². The van der Waals surface area contributed by atoms with Crippen LogP contribution in [0.15, 0.2) is 12.3 Å². The Kier molecular flexibility index (Phi) is 2.96. The van der Waals surface area contributed by atoms with Gasteiger partial charge in [-0.1, -0.05) is 0 Å². The highest BCUT2D eigenvalue weighted by Gasteiger charge is 2.04. The van der Waals surface area contributed by atoms with Crippen LogP contribution in [0.3, 0.4) is 0 Å². The number of aromatic nitrogens is 1. The van der Waals surface area contributed by atoms with Crippen molar-refractivity contribution in [2.45, 2.75) is 6.42 Å². The van der Waals surface area contributed by atoms with Gasteiger partial charge in [-0.2, -0.15) is 4.39 Å². The molecule has 0 unspecified atom stereocenters. The second-order valence-electron chi connectivity index (χ2n) is 2.19. The summed E-state index contributed by atoms with van der Waals surface area (Å²) >= 11 is 1.77. The van der Waals surface area contributed by atoms with E-state index in [-0.39, 0.29) is 6.42 Å². The predicted octanol–water partition coefficient (Wildman–Crippen LogP) is 1.45. The lowest BCUT2D eigenvalue weighted by Gasteiger charge is -1.97. The van der Waals surface area contributed by atoms with Crippen LogP contribution < -0.4 is 0 Å². The SMILES string of the molecule is O=C(O)Cc1cnc(F)c(I)c1. The molecule has 0 atom stereocenters. The molecule has 1 rings (SSSR count). The number of nitrogens with zero attached hydrogens (tertiary/aromatic N) is 1. The maximum Gasteiger partial charge on any atom is 0.307 e. The molecule has 0 saturated heterocycles. The van der Waals surface area contributed by atoms with Crippen molar-refractivity contribution in [1.82, 2.24) is 4.98 Å². The molecular weight excluding hydrogens is 276 g/mol. The maximum absolute atomic E-state index is 12.6. The van der Waals surface area contributed by atoms with Crippen molar-refractivity contribution in [2.75, 3.05) is 0 Å². The quantitative estimate of drug-likeness (QED) is 0.659. The van der Waals surface area contributed by atoms with Crippen LogP contribution in [0.1, 0.15) is 5.56 Å². The van der Waals surface area contributed by atoms with Crippen molar-refractivity contribution in [3.63, 3.8) is 0 Å². The molecule has 0 aromatic carbocycles. The van der Waals surface area contributed by atoms with Crippen LogP contribution in [0.25, 0.3) is 0 Å². The van der Waals surface area contributed by atoms with Crippen LogP contribution in [0, 0.1) is 9.52 Å². The zero-order chi connectivity index (χ0) is 9.14. The Labute approximate surface area is 81.8 Å². The summed E-state index contributed by atoms with van der Waals surface area (Å²) in [5.41, 5.74) is 0.508. The Morgan fingerprint density at radius 3 is 2.92 bits per heavy atom. The molecule has 3 nitrogen and oxygen atoms in total. The molecule has 0 aliphatic heterocycles. The van der Waals surface area contributed by atoms with E-state index in [2.05, 4.69) is 4.98 Å². The molecule has 0 aliphatic carbocycles. The fraction of sp³-hybridized carbons (Fsp3) is 0.143. The Bertz CT molecular complexity index is 316. The van der Waals surface area contributed by atoms with E-state index < -0.39 is 11.9 Å². The van der Waals surface area contributed by atoms with E-state index in [1.165, 1.54) is 12.3 Å². The van der Waals surface area contributed by atoms with Crippen molar-refractivity contribution in [2.24, 2.45) is 0 Å². The number of carboxylic acids is 1. The molecule has 1 heterocycles. The van der Waals surface area contributed by atoms with E-state index in [1.54, 1.807) is 22.6 Å². The molecule has 1 aromatic heterocycles. The zero-order valence-electron chi connectivity index (χ0n) is 5.92. The molecule has 5 heteroatoms. The Morgan fingerprint density at radius 2 is 2.42 bits per heavy atom. The van der Waals surface area contributed by atoms with Crippen molar-refractivity contribution < 1.29 is 14.3 Å². The minimum absolute atomic E-state index is 0.122. The van der Waals surface area contributed by atoms with E-state index in [9.17, 15) is 9.18 Å². The number of rotatable bonds is 2. The highest BCUT2D eigenvalue weighted by Crippen LogP contribution is 2.10. The average Bonchev–Trinajstić information content (AvgIpc) is 1.96. The fourth-order valence-corrected chi connectivity index (χ4v) is 1.27. The van der Waals surface area contributed by atoms with Gasteiger partial charge in [0.15, 0.2) is 0 Å². The van der Waals surface area contributed by atoms with Gasteiger partial charge in [0.2, 0.25) is 5.95 Å².